The van der Waals surface area contributed by atoms with Crippen LogP contribution >= 0.6 is 11.3 Å². The summed E-state index contributed by atoms with van der Waals surface area (Å²) in [6, 6.07) is 4.74. The molecule has 2 atom stereocenters. The number of piperidine rings is 1. The number of carbonyl (C=O) groups is 1. The fraction of sp³-hybridized carbons (Fsp3) is 0.364. The van der Waals surface area contributed by atoms with Gasteiger partial charge in [0.05, 0.1) is 5.01 Å². The summed E-state index contributed by atoms with van der Waals surface area (Å²) in [5, 5.41) is 3.02. The van der Waals surface area contributed by atoms with Gasteiger partial charge < -0.3 is 4.90 Å². The Morgan fingerprint density at radius 2 is 2.00 bits per heavy atom. The lowest BCUT2D eigenvalue weighted by Gasteiger charge is -2.38. The molecule has 0 spiro atoms. The number of thiazole rings is 1. The van der Waals surface area contributed by atoms with Crippen LogP contribution in [0.15, 0.2) is 36.0 Å². The average molecular weight is 409 g/mol. The number of fused-ring (bicyclic) bond motifs is 2. The van der Waals surface area contributed by atoms with Crippen molar-refractivity contribution in [1.82, 2.24) is 19.9 Å². The fourth-order valence-electron chi connectivity index (χ4n) is 4.33. The highest BCUT2D eigenvalue weighted by atomic mass is 32.1. The average Bonchev–Trinajstić information content (AvgIpc) is 3.18. The Bertz CT molecular complexity index is 1060. The monoisotopic (exact) mass is 408 g/mol. The van der Waals surface area contributed by atoms with Crippen LogP contribution in [0, 0.1) is 12.7 Å². The molecule has 0 bridgehead atoms. The minimum Gasteiger partial charge on any atom is -0.335 e. The minimum absolute atomic E-state index is 0.0193. The molecule has 5 rings (SSSR count). The van der Waals surface area contributed by atoms with Crippen LogP contribution in [0.5, 0.6) is 0 Å². The lowest BCUT2D eigenvalue weighted by Crippen LogP contribution is -2.45. The van der Waals surface area contributed by atoms with Gasteiger partial charge in [0.25, 0.3) is 5.91 Å². The summed E-state index contributed by atoms with van der Waals surface area (Å²) >= 11 is 1.61. The molecule has 5 nitrogen and oxygen atoms in total. The van der Waals surface area contributed by atoms with Gasteiger partial charge in [0, 0.05) is 41.8 Å². The summed E-state index contributed by atoms with van der Waals surface area (Å²) in [6.45, 7) is 2.61. The van der Waals surface area contributed by atoms with Gasteiger partial charge in [-0.05, 0) is 61.9 Å². The van der Waals surface area contributed by atoms with Crippen molar-refractivity contribution in [2.75, 3.05) is 6.54 Å². The quantitative estimate of drug-likeness (QED) is 0.631. The van der Waals surface area contributed by atoms with Gasteiger partial charge >= 0.3 is 0 Å². The van der Waals surface area contributed by atoms with Crippen molar-refractivity contribution in [3.05, 3.63) is 63.5 Å². The van der Waals surface area contributed by atoms with Crippen molar-refractivity contribution in [3.8, 4) is 11.5 Å². The van der Waals surface area contributed by atoms with E-state index in [1.165, 1.54) is 12.1 Å². The number of nitrogens with zero attached hydrogens (tertiary/aromatic N) is 4. The van der Waals surface area contributed by atoms with E-state index in [2.05, 4.69) is 9.97 Å². The van der Waals surface area contributed by atoms with Crippen LogP contribution in [0.25, 0.3) is 11.5 Å². The second kappa shape index (κ2) is 7.30. The van der Waals surface area contributed by atoms with E-state index in [0.29, 0.717) is 17.9 Å². The van der Waals surface area contributed by atoms with Gasteiger partial charge in [0.15, 0.2) is 5.82 Å². The molecule has 2 aliphatic heterocycles. The molecule has 0 unspecified atom stereocenters. The van der Waals surface area contributed by atoms with E-state index in [1.807, 2.05) is 17.2 Å². The molecule has 0 saturated carbocycles. The van der Waals surface area contributed by atoms with Gasteiger partial charge in [-0.2, -0.15) is 0 Å². The number of benzene rings is 1. The number of aryl methyl sites for hydroxylation is 2. The Balaban J connectivity index is 1.39. The van der Waals surface area contributed by atoms with E-state index in [1.54, 1.807) is 29.8 Å². The zero-order valence-electron chi connectivity index (χ0n) is 16.1. The van der Waals surface area contributed by atoms with E-state index in [4.69, 9.17) is 4.98 Å². The van der Waals surface area contributed by atoms with Crippen LogP contribution in [-0.4, -0.2) is 38.3 Å². The normalized spacial score (nSPS) is 21.4. The Hall–Kier alpha value is -2.67. The van der Waals surface area contributed by atoms with E-state index < -0.39 is 0 Å². The van der Waals surface area contributed by atoms with Crippen LogP contribution in [0.2, 0.25) is 0 Å². The van der Waals surface area contributed by atoms with Crippen molar-refractivity contribution >= 4 is 17.2 Å². The topological polar surface area (TPSA) is 59.0 Å². The molecule has 3 aromatic rings. The highest BCUT2D eigenvalue weighted by molar-refractivity contribution is 7.10. The molecule has 1 amide bonds. The lowest BCUT2D eigenvalue weighted by atomic mass is 9.91. The van der Waals surface area contributed by atoms with Crippen LogP contribution < -0.4 is 0 Å². The number of hydrogen-bond donors (Lipinski definition) is 0. The summed E-state index contributed by atoms with van der Waals surface area (Å²) in [7, 11) is 0. The molecular weight excluding hydrogens is 387 g/mol. The number of aromatic nitrogens is 3. The highest BCUT2D eigenvalue weighted by Crippen LogP contribution is 2.37. The van der Waals surface area contributed by atoms with Crippen molar-refractivity contribution < 1.29 is 9.18 Å². The molecule has 2 aliphatic rings. The molecular formula is C22H21FN4OS. The number of hydrogen-bond acceptors (Lipinski definition) is 5. The molecule has 2 aromatic heterocycles. The van der Waals surface area contributed by atoms with Crippen LogP contribution in [0.3, 0.4) is 0 Å². The third kappa shape index (κ3) is 3.44. The molecule has 1 saturated heterocycles. The number of halogens is 1. The van der Waals surface area contributed by atoms with E-state index in [9.17, 15) is 9.18 Å². The van der Waals surface area contributed by atoms with Crippen LogP contribution in [-0.2, 0) is 6.42 Å². The molecule has 29 heavy (non-hydrogen) atoms. The largest absolute Gasteiger partial charge is 0.335 e. The minimum atomic E-state index is -0.275. The third-order valence-corrected chi connectivity index (χ3v) is 6.90. The summed E-state index contributed by atoms with van der Waals surface area (Å²) in [6.07, 6.45) is 7.17. The maximum absolute atomic E-state index is 13.6. The maximum Gasteiger partial charge on any atom is 0.254 e. The van der Waals surface area contributed by atoms with Gasteiger partial charge in [-0.1, -0.05) is 0 Å². The summed E-state index contributed by atoms with van der Waals surface area (Å²) in [4.78, 5) is 28.7. The van der Waals surface area contributed by atoms with Gasteiger partial charge in [-0.25, -0.2) is 19.3 Å². The molecule has 1 aromatic carbocycles. The molecule has 0 radical (unpaired) electrons. The van der Waals surface area contributed by atoms with Crippen molar-refractivity contribution in [2.45, 2.75) is 44.6 Å². The van der Waals surface area contributed by atoms with Gasteiger partial charge in [0.2, 0.25) is 0 Å². The summed E-state index contributed by atoms with van der Waals surface area (Å²) in [5.41, 5.74) is 3.27. The third-order valence-electron chi connectivity index (χ3n) is 5.89. The first-order valence-corrected chi connectivity index (χ1v) is 10.8. The molecule has 0 aliphatic carbocycles. The van der Waals surface area contributed by atoms with Crippen molar-refractivity contribution in [1.29, 1.82) is 0 Å². The Labute approximate surface area is 172 Å². The molecule has 0 N–H and O–H groups in total. The van der Waals surface area contributed by atoms with Gasteiger partial charge in [0.1, 0.15) is 11.5 Å². The smallest absolute Gasteiger partial charge is 0.254 e. The second-order valence-electron chi connectivity index (χ2n) is 7.88. The van der Waals surface area contributed by atoms with Crippen molar-refractivity contribution in [2.24, 2.45) is 0 Å². The van der Waals surface area contributed by atoms with Gasteiger partial charge in [-0.15, -0.1) is 11.3 Å². The number of carbonyl (C=O) groups excluding carboxylic acids is 1. The Morgan fingerprint density at radius 3 is 2.83 bits per heavy atom. The number of rotatable bonds is 2. The van der Waals surface area contributed by atoms with E-state index in [-0.39, 0.29) is 23.7 Å². The molecule has 7 heteroatoms. The molecule has 148 valence electrons. The van der Waals surface area contributed by atoms with Crippen molar-refractivity contribution in [3.63, 3.8) is 0 Å². The molecule has 1 fully saturated rings. The zero-order chi connectivity index (χ0) is 20.0. The Morgan fingerprint density at radius 1 is 1.17 bits per heavy atom. The second-order valence-corrected chi connectivity index (χ2v) is 8.77. The van der Waals surface area contributed by atoms with Crippen LogP contribution in [0.4, 0.5) is 4.39 Å². The first-order chi connectivity index (χ1) is 14.1. The predicted molar refractivity (Wildman–Crippen MR) is 109 cm³/mol. The van der Waals surface area contributed by atoms with Gasteiger partial charge in [-0.3, -0.25) is 4.79 Å². The zero-order valence-corrected chi connectivity index (χ0v) is 17.0. The predicted octanol–water partition coefficient (Wildman–Crippen LogP) is 4.38. The fourth-order valence-corrected chi connectivity index (χ4v) is 5.26. The van der Waals surface area contributed by atoms with Crippen LogP contribution in [0.1, 0.15) is 51.7 Å². The SMILES string of the molecule is Cc1cnc(-c2csc([C@H]3CC[C@H]4CCc5cc(F)ccc5C(=O)N4C3)n2)nc1. The van der Waals surface area contributed by atoms with E-state index in [0.717, 1.165) is 47.5 Å². The molecule has 4 heterocycles. The summed E-state index contributed by atoms with van der Waals surface area (Å²) < 4.78 is 13.6. The first kappa shape index (κ1) is 18.4. The Kier molecular flexibility index (Phi) is 4.62. The highest BCUT2D eigenvalue weighted by Gasteiger charge is 2.36. The standard InChI is InChI=1S/C22H21FN4OS/c1-13-9-24-20(25-10-13)19-12-29-21(26-19)15-3-6-17-5-2-14-8-16(23)4-7-18(14)22(28)27(17)11-15/h4,7-10,12,15,17H,2-3,5-6,11H2,1H3/t15-,17+/m0/s1. The lowest BCUT2D eigenvalue weighted by molar-refractivity contribution is 0.0588. The van der Waals surface area contributed by atoms with E-state index >= 15 is 0 Å². The first-order valence-electron chi connectivity index (χ1n) is 9.92. The maximum atomic E-state index is 13.6. The summed E-state index contributed by atoms with van der Waals surface area (Å²) in [5.74, 6) is 0.587. The number of amides is 1.